The highest BCUT2D eigenvalue weighted by Gasteiger charge is 2.50. The van der Waals surface area contributed by atoms with E-state index in [4.69, 9.17) is 9.47 Å². The highest BCUT2D eigenvalue weighted by Crippen LogP contribution is 2.43. The molecule has 0 bridgehead atoms. The van der Waals surface area contributed by atoms with Gasteiger partial charge >= 0.3 is 5.97 Å². The van der Waals surface area contributed by atoms with Crippen molar-refractivity contribution in [2.75, 3.05) is 14.2 Å². The highest BCUT2D eigenvalue weighted by atomic mass is 16.5. The lowest BCUT2D eigenvalue weighted by Gasteiger charge is -2.32. The summed E-state index contributed by atoms with van der Waals surface area (Å²) < 4.78 is 10.4. The van der Waals surface area contributed by atoms with Crippen LogP contribution in [-0.2, 0) is 37.5 Å². The van der Waals surface area contributed by atoms with E-state index in [2.05, 4.69) is 26.1 Å². The van der Waals surface area contributed by atoms with Crippen molar-refractivity contribution < 1.29 is 23.9 Å². The minimum Gasteiger partial charge on any atom is -0.497 e. The number of benzene rings is 3. The maximum atomic E-state index is 13.9. The van der Waals surface area contributed by atoms with Crippen LogP contribution in [0.25, 0.3) is 0 Å². The van der Waals surface area contributed by atoms with Crippen LogP contribution >= 0.6 is 0 Å². The quantitative estimate of drug-likeness (QED) is 0.358. The number of methoxy groups -OCH3 is 2. The number of carbonyl (C=O) groups excluding carboxylic acids is 3. The fourth-order valence-corrected chi connectivity index (χ4v) is 5.46. The van der Waals surface area contributed by atoms with E-state index < -0.39 is 24.0 Å². The minimum absolute atomic E-state index is 0.0506. The van der Waals surface area contributed by atoms with Crippen molar-refractivity contribution in [2.24, 2.45) is 5.92 Å². The molecule has 1 saturated heterocycles. The number of hydrogen-bond acceptors (Lipinski definition) is 5. The maximum absolute atomic E-state index is 13.9. The summed E-state index contributed by atoms with van der Waals surface area (Å²) in [5, 5.41) is 2.99. The second-order valence-corrected chi connectivity index (χ2v) is 11.6. The molecule has 3 atom stereocenters. The average Bonchev–Trinajstić information content (AvgIpc) is 3.39. The summed E-state index contributed by atoms with van der Waals surface area (Å²) in [6, 6.07) is 23.8. The zero-order valence-corrected chi connectivity index (χ0v) is 24.6. The summed E-state index contributed by atoms with van der Waals surface area (Å²) in [5.41, 5.74) is 3.84. The molecule has 0 saturated carbocycles. The van der Waals surface area contributed by atoms with Gasteiger partial charge in [0.25, 0.3) is 0 Å². The first-order chi connectivity index (χ1) is 19.6. The molecule has 1 fully saturated rings. The molecule has 3 unspecified atom stereocenters. The Kier molecular flexibility index (Phi) is 9.48. The van der Waals surface area contributed by atoms with Gasteiger partial charge in [0.05, 0.1) is 26.2 Å². The Labute approximate surface area is 242 Å². The lowest BCUT2D eigenvalue weighted by atomic mass is 9.85. The molecule has 0 radical (unpaired) electrons. The zero-order valence-electron chi connectivity index (χ0n) is 24.6. The number of rotatable bonds is 9. The molecule has 41 heavy (non-hydrogen) atoms. The predicted octanol–water partition coefficient (Wildman–Crippen LogP) is 5.37. The lowest BCUT2D eigenvalue weighted by Crippen LogP contribution is -2.46. The Morgan fingerprint density at radius 1 is 0.878 bits per heavy atom. The van der Waals surface area contributed by atoms with E-state index in [1.54, 1.807) is 12.0 Å². The molecule has 3 aromatic rings. The Morgan fingerprint density at radius 3 is 2.12 bits per heavy atom. The van der Waals surface area contributed by atoms with Crippen molar-refractivity contribution in [3.8, 4) is 5.75 Å². The van der Waals surface area contributed by atoms with Crippen LogP contribution in [0.4, 0.5) is 0 Å². The largest absolute Gasteiger partial charge is 0.497 e. The molecule has 1 aliphatic rings. The number of carbonyl (C=O) groups is 3. The number of likely N-dealkylation sites (tertiary alicyclic amines) is 1. The average molecular weight is 557 g/mol. The molecule has 1 heterocycles. The van der Waals surface area contributed by atoms with E-state index in [1.807, 2.05) is 78.9 Å². The summed E-state index contributed by atoms with van der Waals surface area (Å²) in [4.78, 5) is 42.3. The van der Waals surface area contributed by atoms with E-state index in [1.165, 1.54) is 7.11 Å². The van der Waals surface area contributed by atoms with Crippen LogP contribution in [0, 0.1) is 5.92 Å². The van der Waals surface area contributed by atoms with E-state index in [0.29, 0.717) is 13.0 Å². The van der Waals surface area contributed by atoms with Crippen molar-refractivity contribution in [1.29, 1.82) is 0 Å². The molecule has 1 aliphatic heterocycles. The van der Waals surface area contributed by atoms with Gasteiger partial charge < -0.3 is 19.7 Å². The van der Waals surface area contributed by atoms with Gasteiger partial charge in [0.1, 0.15) is 11.8 Å². The predicted molar refractivity (Wildman–Crippen MR) is 158 cm³/mol. The number of amides is 2. The van der Waals surface area contributed by atoms with E-state index in [-0.39, 0.29) is 30.1 Å². The highest BCUT2D eigenvalue weighted by molar-refractivity contribution is 5.91. The molecule has 0 aromatic heterocycles. The number of nitrogens with zero attached hydrogens (tertiary/aromatic N) is 1. The van der Waals surface area contributed by atoms with Crippen LogP contribution in [0.5, 0.6) is 5.75 Å². The van der Waals surface area contributed by atoms with Crippen LogP contribution in [0.1, 0.15) is 61.9 Å². The van der Waals surface area contributed by atoms with Gasteiger partial charge in [-0.15, -0.1) is 0 Å². The summed E-state index contributed by atoms with van der Waals surface area (Å²) in [7, 11) is 2.95. The Bertz CT molecular complexity index is 1330. The lowest BCUT2D eigenvalue weighted by molar-refractivity contribution is -0.147. The van der Waals surface area contributed by atoms with Gasteiger partial charge in [0.2, 0.25) is 11.8 Å². The summed E-state index contributed by atoms with van der Waals surface area (Å²) in [6.07, 6.45) is 0.940. The molecule has 216 valence electrons. The molecule has 7 heteroatoms. The molecule has 7 nitrogen and oxygen atoms in total. The Balaban J connectivity index is 1.64. The summed E-state index contributed by atoms with van der Waals surface area (Å²) in [5.74, 6) is -0.835. The molecule has 4 rings (SSSR count). The SMILES string of the molecule is COC(=O)C1CC(C(=O)NCc2ccc(OC)cc2)N(C(=O)CCc2ccccc2)C1c1ccc(C(C)(C)C)cc1. The van der Waals surface area contributed by atoms with Crippen LogP contribution in [0.15, 0.2) is 78.9 Å². The van der Waals surface area contributed by atoms with Crippen molar-refractivity contribution >= 4 is 17.8 Å². The zero-order chi connectivity index (χ0) is 29.6. The van der Waals surface area contributed by atoms with E-state index in [0.717, 1.165) is 28.0 Å². The second kappa shape index (κ2) is 13.0. The van der Waals surface area contributed by atoms with Gasteiger partial charge in [-0.25, -0.2) is 0 Å². The van der Waals surface area contributed by atoms with Crippen molar-refractivity contribution in [3.63, 3.8) is 0 Å². The van der Waals surface area contributed by atoms with Crippen molar-refractivity contribution in [3.05, 3.63) is 101 Å². The van der Waals surface area contributed by atoms with Crippen molar-refractivity contribution in [2.45, 2.75) is 64.1 Å². The number of ether oxygens (including phenoxy) is 2. The number of esters is 1. The van der Waals surface area contributed by atoms with E-state index >= 15 is 0 Å². The van der Waals surface area contributed by atoms with Crippen molar-refractivity contribution in [1.82, 2.24) is 10.2 Å². The maximum Gasteiger partial charge on any atom is 0.311 e. The smallest absolute Gasteiger partial charge is 0.311 e. The van der Waals surface area contributed by atoms with Crippen LogP contribution < -0.4 is 10.1 Å². The third-order valence-electron chi connectivity index (χ3n) is 7.80. The normalized spacial score (nSPS) is 18.6. The number of hydrogen-bond donors (Lipinski definition) is 1. The Hall–Kier alpha value is -4.13. The molecule has 0 aliphatic carbocycles. The fraction of sp³-hybridized carbons (Fsp3) is 0.382. The third-order valence-corrected chi connectivity index (χ3v) is 7.80. The van der Waals surface area contributed by atoms with Gasteiger partial charge in [-0.05, 0) is 52.6 Å². The number of nitrogens with one attached hydrogen (secondary N) is 1. The molecular formula is C34H40N2O5. The second-order valence-electron chi connectivity index (χ2n) is 11.6. The molecule has 3 aromatic carbocycles. The molecular weight excluding hydrogens is 516 g/mol. The summed E-state index contributed by atoms with van der Waals surface area (Å²) >= 11 is 0. The van der Waals surface area contributed by atoms with Gasteiger partial charge in [-0.2, -0.15) is 0 Å². The van der Waals surface area contributed by atoms with Gasteiger partial charge in [0, 0.05) is 13.0 Å². The molecule has 1 N–H and O–H groups in total. The summed E-state index contributed by atoms with van der Waals surface area (Å²) in [6.45, 7) is 6.70. The fourth-order valence-electron chi connectivity index (χ4n) is 5.46. The van der Waals surface area contributed by atoms with Crippen LogP contribution in [0.3, 0.4) is 0 Å². The monoisotopic (exact) mass is 556 g/mol. The molecule has 0 spiro atoms. The minimum atomic E-state index is -0.812. The van der Waals surface area contributed by atoms with Crippen LogP contribution in [0.2, 0.25) is 0 Å². The van der Waals surface area contributed by atoms with Gasteiger partial charge in [-0.3, -0.25) is 14.4 Å². The first-order valence-electron chi connectivity index (χ1n) is 14.1. The Morgan fingerprint density at radius 2 is 1.54 bits per heavy atom. The third kappa shape index (κ3) is 7.15. The standard InChI is InChI=1S/C34H40N2O5/c1-34(2,3)26-16-14-25(15-17-26)31-28(33(39)41-5)21-29(32(38)35-22-24-11-18-27(40-4)19-12-24)36(31)30(37)20-13-23-9-7-6-8-10-23/h6-12,14-19,28-29,31H,13,20-22H2,1-5H3,(H,35,38). The first kappa shape index (κ1) is 29.8. The van der Waals surface area contributed by atoms with E-state index in [9.17, 15) is 14.4 Å². The van der Waals surface area contributed by atoms with Crippen LogP contribution in [-0.4, -0.2) is 42.9 Å². The molecule has 2 amide bonds. The topological polar surface area (TPSA) is 84.9 Å². The number of aryl methyl sites for hydroxylation is 1. The van der Waals surface area contributed by atoms with Gasteiger partial charge in [0.15, 0.2) is 0 Å². The first-order valence-corrected chi connectivity index (χ1v) is 14.1. The van der Waals surface area contributed by atoms with Gasteiger partial charge in [-0.1, -0.05) is 87.5 Å².